The SMILES string of the molecule is CC.CC(C)CNC1CCN(c2nc3cc(F)ccc3cc2C(N)O)CC1. The van der Waals surface area contributed by atoms with Crippen molar-refractivity contribution in [3.63, 3.8) is 0 Å². The molecule has 0 radical (unpaired) electrons. The maximum Gasteiger partial charge on any atom is 0.136 e. The second kappa shape index (κ2) is 9.97. The molecule has 1 saturated heterocycles. The summed E-state index contributed by atoms with van der Waals surface area (Å²) in [6.45, 7) is 11.1. The zero-order valence-corrected chi connectivity index (χ0v) is 16.9. The summed E-state index contributed by atoms with van der Waals surface area (Å²) in [4.78, 5) is 6.75. The second-order valence-corrected chi connectivity index (χ2v) is 7.25. The molecule has 0 saturated carbocycles. The van der Waals surface area contributed by atoms with Crippen molar-refractivity contribution >= 4 is 16.7 Å². The molecule has 1 unspecified atom stereocenters. The second-order valence-electron chi connectivity index (χ2n) is 7.25. The van der Waals surface area contributed by atoms with Crippen LogP contribution in [-0.2, 0) is 0 Å². The number of aliphatic hydroxyl groups excluding tert-OH is 1. The van der Waals surface area contributed by atoms with Gasteiger partial charge in [0.05, 0.1) is 5.52 Å². The molecule has 1 aromatic carbocycles. The van der Waals surface area contributed by atoms with Crippen molar-refractivity contribution in [2.75, 3.05) is 24.5 Å². The molecular weight excluding hydrogens is 343 g/mol. The molecule has 0 bridgehead atoms. The van der Waals surface area contributed by atoms with Crippen LogP contribution in [0.4, 0.5) is 10.2 Å². The summed E-state index contributed by atoms with van der Waals surface area (Å²) in [5, 5.41) is 14.3. The van der Waals surface area contributed by atoms with E-state index in [9.17, 15) is 9.50 Å². The van der Waals surface area contributed by atoms with E-state index < -0.39 is 6.23 Å². The van der Waals surface area contributed by atoms with Crippen molar-refractivity contribution in [2.24, 2.45) is 11.7 Å². The van der Waals surface area contributed by atoms with Crippen molar-refractivity contribution in [1.82, 2.24) is 10.3 Å². The summed E-state index contributed by atoms with van der Waals surface area (Å²) >= 11 is 0. The highest BCUT2D eigenvalue weighted by Crippen LogP contribution is 2.29. The van der Waals surface area contributed by atoms with Crippen molar-refractivity contribution < 1.29 is 9.50 Å². The van der Waals surface area contributed by atoms with Gasteiger partial charge in [0, 0.05) is 36.1 Å². The standard InChI is InChI=1S/C19H27FN4O.C2H6/c1-12(2)11-22-15-5-7-24(8-6-15)19-16(18(21)25)9-13-3-4-14(20)10-17(13)23-19;1-2/h3-4,9-10,12,15,18,22,25H,5-8,11,21H2,1-2H3;1-2H3. The number of piperidine rings is 1. The maximum atomic E-state index is 13.5. The topological polar surface area (TPSA) is 74.4 Å². The molecule has 1 fully saturated rings. The van der Waals surface area contributed by atoms with E-state index in [-0.39, 0.29) is 5.82 Å². The molecule has 1 aliphatic heterocycles. The minimum absolute atomic E-state index is 0.316. The highest BCUT2D eigenvalue weighted by Gasteiger charge is 2.23. The van der Waals surface area contributed by atoms with Gasteiger partial charge in [-0.3, -0.25) is 0 Å². The number of pyridine rings is 1. The van der Waals surface area contributed by atoms with Gasteiger partial charge in [-0.1, -0.05) is 27.7 Å². The van der Waals surface area contributed by atoms with Gasteiger partial charge in [-0.2, -0.15) is 0 Å². The Labute approximate surface area is 161 Å². The summed E-state index contributed by atoms with van der Waals surface area (Å²) in [6.07, 6.45) is 0.916. The molecule has 4 N–H and O–H groups in total. The first kappa shape index (κ1) is 21.5. The van der Waals surface area contributed by atoms with E-state index in [2.05, 4.69) is 29.0 Å². The fourth-order valence-electron chi connectivity index (χ4n) is 3.32. The summed E-state index contributed by atoms with van der Waals surface area (Å²) in [5.74, 6) is 0.980. The summed E-state index contributed by atoms with van der Waals surface area (Å²) in [7, 11) is 0. The third-order valence-electron chi connectivity index (χ3n) is 4.72. The van der Waals surface area contributed by atoms with Gasteiger partial charge in [0.2, 0.25) is 0 Å². The predicted molar refractivity (Wildman–Crippen MR) is 110 cm³/mol. The van der Waals surface area contributed by atoms with Crippen molar-refractivity contribution in [1.29, 1.82) is 0 Å². The number of hydrogen-bond donors (Lipinski definition) is 3. The number of halogens is 1. The molecule has 6 heteroatoms. The van der Waals surface area contributed by atoms with E-state index in [4.69, 9.17) is 5.73 Å². The third-order valence-corrected chi connectivity index (χ3v) is 4.72. The van der Waals surface area contributed by atoms with Crippen molar-refractivity contribution in [3.8, 4) is 0 Å². The van der Waals surface area contributed by atoms with Crippen molar-refractivity contribution in [3.05, 3.63) is 35.6 Å². The van der Waals surface area contributed by atoms with Gasteiger partial charge < -0.3 is 21.1 Å². The summed E-state index contributed by atoms with van der Waals surface area (Å²) in [6, 6.07) is 6.79. The van der Waals surface area contributed by atoms with Gasteiger partial charge in [0.25, 0.3) is 0 Å². The van der Waals surface area contributed by atoms with Crippen molar-refractivity contribution in [2.45, 2.75) is 52.8 Å². The van der Waals surface area contributed by atoms with E-state index in [1.54, 1.807) is 6.07 Å². The minimum atomic E-state index is -1.10. The Morgan fingerprint density at radius 2 is 1.93 bits per heavy atom. The lowest BCUT2D eigenvalue weighted by Gasteiger charge is -2.35. The molecule has 0 aliphatic carbocycles. The Balaban J connectivity index is 0.00000126. The number of nitrogens with zero attached hydrogens (tertiary/aromatic N) is 2. The largest absolute Gasteiger partial charge is 0.374 e. The Morgan fingerprint density at radius 3 is 2.52 bits per heavy atom. The Kier molecular flexibility index (Phi) is 7.95. The molecule has 3 rings (SSSR count). The van der Waals surface area contributed by atoms with Gasteiger partial charge in [-0.25, -0.2) is 9.37 Å². The predicted octanol–water partition coefficient (Wildman–Crippen LogP) is 3.56. The minimum Gasteiger partial charge on any atom is -0.374 e. The van der Waals surface area contributed by atoms with Gasteiger partial charge in [-0.15, -0.1) is 0 Å². The zero-order valence-electron chi connectivity index (χ0n) is 16.9. The number of benzene rings is 1. The number of nitrogens with two attached hydrogens (primary N) is 1. The number of aliphatic hydroxyl groups is 1. The third kappa shape index (κ3) is 5.61. The highest BCUT2D eigenvalue weighted by molar-refractivity contribution is 5.82. The molecular formula is C21H33FN4O. The van der Waals surface area contributed by atoms with Gasteiger partial charge in [0.15, 0.2) is 0 Å². The number of hydrogen-bond acceptors (Lipinski definition) is 5. The van der Waals surface area contributed by atoms with Crippen LogP contribution in [-0.4, -0.2) is 35.8 Å². The van der Waals surface area contributed by atoms with Gasteiger partial charge >= 0.3 is 0 Å². The van der Waals surface area contributed by atoms with Crippen LogP contribution in [0, 0.1) is 11.7 Å². The maximum absolute atomic E-state index is 13.5. The molecule has 0 amide bonds. The molecule has 2 aromatic rings. The van der Waals surface area contributed by atoms with Crippen LogP contribution in [0.5, 0.6) is 0 Å². The number of rotatable bonds is 5. The first-order valence-electron chi connectivity index (χ1n) is 9.96. The first-order chi connectivity index (χ1) is 12.9. The molecule has 1 aromatic heterocycles. The number of aromatic nitrogens is 1. The number of fused-ring (bicyclic) bond motifs is 1. The molecule has 5 nitrogen and oxygen atoms in total. The first-order valence-corrected chi connectivity index (χ1v) is 9.96. The van der Waals surface area contributed by atoms with E-state index in [1.807, 2.05) is 19.9 Å². The van der Waals surface area contributed by atoms with Crippen LogP contribution < -0.4 is 16.0 Å². The van der Waals surface area contributed by atoms with Crippen LogP contribution in [0.2, 0.25) is 0 Å². The Morgan fingerprint density at radius 1 is 1.26 bits per heavy atom. The highest BCUT2D eigenvalue weighted by atomic mass is 19.1. The Bertz CT molecular complexity index is 727. The lowest BCUT2D eigenvalue weighted by atomic mass is 10.0. The average Bonchev–Trinajstić information content (AvgIpc) is 2.67. The van der Waals surface area contributed by atoms with Crippen LogP contribution >= 0.6 is 0 Å². The lowest BCUT2D eigenvalue weighted by molar-refractivity contribution is 0.186. The fourth-order valence-corrected chi connectivity index (χ4v) is 3.32. The van der Waals surface area contributed by atoms with E-state index >= 15 is 0 Å². The van der Waals surface area contributed by atoms with Gasteiger partial charge in [-0.05, 0) is 43.5 Å². The van der Waals surface area contributed by atoms with E-state index in [1.165, 1.54) is 12.1 Å². The molecule has 1 aliphatic rings. The quantitative estimate of drug-likeness (QED) is 0.696. The summed E-state index contributed by atoms with van der Waals surface area (Å²) in [5.41, 5.74) is 6.93. The smallest absolute Gasteiger partial charge is 0.136 e. The molecule has 1 atom stereocenters. The lowest BCUT2D eigenvalue weighted by Crippen LogP contribution is -2.44. The molecule has 0 spiro atoms. The average molecular weight is 377 g/mol. The number of nitrogens with one attached hydrogen (secondary N) is 1. The van der Waals surface area contributed by atoms with E-state index in [0.29, 0.717) is 28.9 Å². The zero-order chi connectivity index (χ0) is 20.0. The van der Waals surface area contributed by atoms with E-state index in [0.717, 1.165) is 37.9 Å². The van der Waals surface area contributed by atoms with Crippen LogP contribution in [0.1, 0.15) is 52.3 Å². The van der Waals surface area contributed by atoms with Crippen LogP contribution in [0.25, 0.3) is 10.9 Å². The fraction of sp³-hybridized carbons (Fsp3) is 0.571. The van der Waals surface area contributed by atoms with Crippen LogP contribution in [0.3, 0.4) is 0 Å². The molecule has 150 valence electrons. The Hall–Kier alpha value is -1.76. The molecule has 2 heterocycles. The monoisotopic (exact) mass is 376 g/mol. The van der Waals surface area contributed by atoms with Gasteiger partial charge in [0.1, 0.15) is 17.9 Å². The van der Waals surface area contributed by atoms with Crippen LogP contribution in [0.15, 0.2) is 24.3 Å². The molecule has 27 heavy (non-hydrogen) atoms. The normalized spacial score (nSPS) is 16.4. The number of anilines is 1. The summed E-state index contributed by atoms with van der Waals surface area (Å²) < 4.78 is 13.5.